The van der Waals surface area contributed by atoms with Crippen molar-refractivity contribution in [1.82, 2.24) is 0 Å². The summed E-state index contributed by atoms with van der Waals surface area (Å²) in [5, 5.41) is 2.58. The fourth-order valence-electron chi connectivity index (χ4n) is 2.00. The Labute approximate surface area is 148 Å². The van der Waals surface area contributed by atoms with Crippen molar-refractivity contribution in [2.24, 2.45) is 0 Å². The van der Waals surface area contributed by atoms with E-state index < -0.39 is 39.0 Å². The fourth-order valence-corrected chi connectivity index (χ4v) is 2.72. The lowest BCUT2D eigenvalue weighted by molar-refractivity contribution is -0.119. The van der Waals surface area contributed by atoms with Crippen LogP contribution in [0.4, 0.5) is 14.5 Å². The average Bonchev–Trinajstić information content (AvgIpc) is 2.61. The highest BCUT2D eigenvalue weighted by molar-refractivity contribution is 7.91. The van der Waals surface area contributed by atoms with Crippen LogP contribution in [0.5, 0.6) is 0 Å². The lowest BCUT2D eigenvalue weighted by Gasteiger charge is -2.09. The van der Waals surface area contributed by atoms with Crippen molar-refractivity contribution >= 4 is 27.4 Å². The molecule has 0 saturated carbocycles. The summed E-state index contributed by atoms with van der Waals surface area (Å²) in [5.41, 5.74) is 1.35. The van der Waals surface area contributed by atoms with E-state index in [-0.39, 0.29) is 5.56 Å². The Hall–Kier alpha value is -2.81. The molecule has 0 fully saturated rings. The van der Waals surface area contributed by atoms with E-state index in [2.05, 4.69) is 5.32 Å². The summed E-state index contributed by atoms with van der Waals surface area (Å²) in [4.78, 5) is 23.1. The van der Waals surface area contributed by atoms with Gasteiger partial charge in [-0.1, -0.05) is 18.2 Å². The molecule has 0 aliphatic rings. The third kappa shape index (κ3) is 4.63. The maximum absolute atomic E-state index is 12.5. The standard InChI is InChI=1S/C17H15F2NO5S/c1-11-4-2-3-5-14(11)20-15(21)10-25-16(22)12-6-8-13(9-7-12)26(23,24)17(18)19/h2-9,17H,10H2,1H3,(H,20,21). The monoisotopic (exact) mass is 383 g/mol. The first-order chi connectivity index (χ1) is 12.2. The summed E-state index contributed by atoms with van der Waals surface area (Å²) < 4.78 is 52.3. The van der Waals surface area contributed by atoms with Crippen LogP contribution in [-0.4, -0.2) is 32.7 Å². The molecule has 0 unspecified atom stereocenters. The van der Waals surface area contributed by atoms with Gasteiger partial charge in [0.25, 0.3) is 5.91 Å². The van der Waals surface area contributed by atoms with E-state index in [1.54, 1.807) is 25.1 Å². The first kappa shape index (κ1) is 19.5. The smallest absolute Gasteiger partial charge is 0.341 e. The van der Waals surface area contributed by atoms with Crippen LogP contribution in [0.1, 0.15) is 15.9 Å². The minimum atomic E-state index is -4.73. The number of anilines is 1. The number of ether oxygens (including phenoxy) is 1. The van der Waals surface area contributed by atoms with E-state index in [4.69, 9.17) is 4.74 Å². The van der Waals surface area contributed by atoms with Crippen molar-refractivity contribution in [3.63, 3.8) is 0 Å². The molecule has 2 rings (SSSR count). The van der Waals surface area contributed by atoms with Gasteiger partial charge in [0.2, 0.25) is 9.84 Å². The van der Waals surface area contributed by atoms with Gasteiger partial charge in [-0.15, -0.1) is 0 Å². The Morgan fingerprint density at radius 2 is 1.69 bits per heavy atom. The van der Waals surface area contributed by atoms with E-state index >= 15 is 0 Å². The minimum Gasteiger partial charge on any atom is -0.452 e. The number of alkyl halides is 2. The first-order valence-electron chi connectivity index (χ1n) is 7.36. The first-order valence-corrected chi connectivity index (χ1v) is 8.91. The molecule has 2 aromatic carbocycles. The van der Waals surface area contributed by atoms with Crippen LogP contribution in [0.2, 0.25) is 0 Å². The Morgan fingerprint density at radius 3 is 2.27 bits per heavy atom. The number of para-hydroxylation sites is 1. The molecular weight excluding hydrogens is 368 g/mol. The van der Waals surface area contributed by atoms with Gasteiger partial charge >= 0.3 is 11.7 Å². The van der Waals surface area contributed by atoms with Crippen LogP contribution >= 0.6 is 0 Å². The summed E-state index contributed by atoms with van der Waals surface area (Å²) in [6.45, 7) is 1.25. The predicted molar refractivity (Wildman–Crippen MR) is 89.7 cm³/mol. The Kier molecular flexibility index (Phi) is 6.04. The number of aryl methyl sites for hydroxylation is 1. The van der Waals surface area contributed by atoms with Gasteiger partial charge in [-0.25, -0.2) is 13.2 Å². The maximum atomic E-state index is 12.5. The lowest BCUT2D eigenvalue weighted by Crippen LogP contribution is -2.21. The minimum absolute atomic E-state index is 0.0677. The molecule has 1 N–H and O–H groups in total. The van der Waals surface area contributed by atoms with Crippen molar-refractivity contribution in [1.29, 1.82) is 0 Å². The number of nitrogens with one attached hydrogen (secondary N) is 1. The van der Waals surface area contributed by atoms with Crippen LogP contribution in [-0.2, 0) is 19.4 Å². The zero-order chi connectivity index (χ0) is 19.3. The highest BCUT2D eigenvalue weighted by Gasteiger charge is 2.26. The van der Waals surface area contributed by atoms with Crippen LogP contribution in [0.3, 0.4) is 0 Å². The van der Waals surface area contributed by atoms with E-state index in [1.165, 1.54) is 0 Å². The topological polar surface area (TPSA) is 89.5 Å². The SMILES string of the molecule is Cc1ccccc1NC(=O)COC(=O)c1ccc(S(=O)(=O)C(F)F)cc1. The van der Waals surface area contributed by atoms with E-state index in [1.807, 2.05) is 6.07 Å². The van der Waals surface area contributed by atoms with Crippen LogP contribution in [0.25, 0.3) is 0 Å². The molecular formula is C17H15F2NO5S. The molecule has 0 saturated heterocycles. The summed E-state index contributed by atoms with van der Waals surface area (Å²) >= 11 is 0. The summed E-state index contributed by atoms with van der Waals surface area (Å²) in [5.74, 6) is -4.99. The molecule has 0 aromatic heterocycles. The molecule has 0 aliphatic heterocycles. The number of carbonyl (C=O) groups excluding carboxylic acids is 2. The quantitative estimate of drug-likeness (QED) is 0.775. The van der Waals surface area contributed by atoms with Crippen LogP contribution in [0, 0.1) is 6.92 Å². The molecule has 26 heavy (non-hydrogen) atoms. The van der Waals surface area contributed by atoms with Crippen LogP contribution in [0.15, 0.2) is 53.4 Å². The zero-order valence-corrected chi connectivity index (χ0v) is 14.4. The second-order valence-corrected chi connectivity index (χ2v) is 7.19. The summed E-state index contributed by atoms with van der Waals surface area (Å²) in [6.07, 6.45) is 0. The molecule has 0 radical (unpaired) electrons. The third-order valence-corrected chi connectivity index (χ3v) is 4.80. The number of benzene rings is 2. The van der Waals surface area contributed by atoms with Gasteiger partial charge in [0.05, 0.1) is 10.5 Å². The molecule has 138 valence electrons. The zero-order valence-electron chi connectivity index (χ0n) is 13.6. The molecule has 0 spiro atoms. The van der Waals surface area contributed by atoms with Gasteiger partial charge in [0.15, 0.2) is 6.61 Å². The van der Waals surface area contributed by atoms with Gasteiger partial charge in [-0.2, -0.15) is 8.78 Å². The number of sulfone groups is 1. The molecule has 9 heteroatoms. The number of esters is 1. The predicted octanol–water partition coefficient (Wildman–Crippen LogP) is 2.79. The molecule has 0 bridgehead atoms. The van der Waals surface area contributed by atoms with Gasteiger partial charge in [-0.05, 0) is 42.8 Å². The van der Waals surface area contributed by atoms with E-state index in [0.717, 1.165) is 29.8 Å². The number of carbonyl (C=O) groups is 2. The second-order valence-electron chi connectivity index (χ2n) is 5.27. The molecule has 0 atom stereocenters. The molecule has 1 amide bonds. The molecule has 0 aliphatic carbocycles. The average molecular weight is 383 g/mol. The van der Waals surface area contributed by atoms with Crippen molar-refractivity contribution in [3.8, 4) is 0 Å². The summed E-state index contributed by atoms with van der Waals surface area (Å²) in [6, 6.07) is 10.9. The number of hydrogen-bond acceptors (Lipinski definition) is 5. The highest BCUT2D eigenvalue weighted by Crippen LogP contribution is 2.19. The van der Waals surface area contributed by atoms with Gasteiger partial charge in [0.1, 0.15) is 0 Å². The van der Waals surface area contributed by atoms with E-state index in [0.29, 0.717) is 5.69 Å². The fraction of sp³-hybridized carbons (Fsp3) is 0.176. The lowest BCUT2D eigenvalue weighted by atomic mass is 10.2. The number of rotatable bonds is 6. The van der Waals surface area contributed by atoms with Crippen LogP contribution < -0.4 is 5.32 Å². The van der Waals surface area contributed by atoms with Crippen molar-refractivity contribution in [2.45, 2.75) is 17.6 Å². The van der Waals surface area contributed by atoms with Gasteiger partial charge in [-0.3, -0.25) is 4.79 Å². The Bertz CT molecular complexity index is 911. The third-order valence-electron chi connectivity index (χ3n) is 3.41. The number of amides is 1. The Morgan fingerprint density at radius 1 is 1.08 bits per heavy atom. The van der Waals surface area contributed by atoms with E-state index in [9.17, 15) is 26.8 Å². The highest BCUT2D eigenvalue weighted by atomic mass is 32.2. The maximum Gasteiger partial charge on any atom is 0.341 e. The molecule has 0 heterocycles. The van der Waals surface area contributed by atoms with Crippen molar-refractivity contribution < 1.29 is 31.5 Å². The van der Waals surface area contributed by atoms with Crippen molar-refractivity contribution in [3.05, 3.63) is 59.7 Å². The Balaban J connectivity index is 1.96. The second kappa shape index (κ2) is 8.05. The largest absolute Gasteiger partial charge is 0.452 e. The normalized spacial score (nSPS) is 11.2. The molecule has 2 aromatic rings. The van der Waals surface area contributed by atoms with Crippen molar-refractivity contribution in [2.75, 3.05) is 11.9 Å². The molecule has 6 nitrogen and oxygen atoms in total. The summed E-state index contributed by atoms with van der Waals surface area (Å²) in [7, 11) is -4.73. The van der Waals surface area contributed by atoms with Gasteiger partial charge in [0, 0.05) is 5.69 Å². The number of hydrogen-bond donors (Lipinski definition) is 1. The number of halogens is 2. The van der Waals surface area contributed by atoms with Gasteiger partial charge < -0.3 is 10.1 Å².